The van der Waals surface area contributed by atoms with Crippen molar-refractivity contribution in [2.45, 2.75) is 12.6 Å². The van der Waals surface area contributed by atoms with Gasteiger partial charge in [0.15, 0.2) is 0 Å². The maximum atomic E-state index is 12.6. The summed E-state index contributed by atoms with van der Waals surface area (Å²) >= 11 is 3.04. The summed E-state index contributed by atoms with van der Waals surface area (Å²) in [5, 5.41) is 6.04. The molecule has 0 aliphatic rings. The number of nitrogens with zero attached hydrogens (tertiary/aromatic N) is 1. The third-order valence-electron chi connectivity index (χ3n) is 2.45. The van der Waals surface area contributed by atoms with E-state index in [1.54, 1.807) is 6.07 Å². The molecular weight excluding hydrogens is 325 g/mol. The van der Waals surface area contributed by atoms with Crippen LogP contribution in [0.4, 0.5) is 13.2 Å². The Kier molecular flexibility index (Phi) is 3.75. The lowest BCUT2D eigenvalue weighted by Gasteiger charge is -2.08. The fraction of sp³-hybridized carbons (Fsp3) is 0.167. The van der Waals surface area contributed by atoms with Crippen molar-refractivity contribution in [2.24, 2.45) is 0 Å². The maximum absolute atomic E-state index is 12.6. The summed E-state index contributed by atoms with van der Waals surface area (Å²) in [5.74, 6) is 0. The number of hydrogen-bond donors (Lipinski definition) is 1. The highest BCUT2D eigenvalue weighted by molar-refractivity contribution is 9.10. The van der Waals surface area contributed by atoms with E-state index in [-0.39, 0.29) is 12.0 Å². The van der Waals surface area contributed by atoms with Crippen molar-refractivity contribution in [1.29, 1.82) is 0 Å². The molecule has 2 rings (SSSR count). The molecule has 0 saturated carbocycles. The molecule has 3 nitrogen and oxygen atoms in total. The first-order chi connectivity index (χ1) is 8.86. The number of benzene rings is 1. The highest BCUT2D eigenvalue weighted by Gasteiger charge is 2.30. The average molecular weight is 333 g/mol. The van der Waals surface area contributed by atoms with Gasteiger partial charge in [0.25, 0.3) is 5.56 Å². The Morgan fingerprint density at radius 1 is 1.26 bits per heavy atom. The van der Waals surface area contributed by atoms with Crippen LogP contribution >= 0.6 is 15.9 Å². The van der Waals surface area contributed by atoms with E-state index in [1.165, 1.54) is 12.1 Å². The van der Waals surface area contributed by atoms with Gasteiger partial charge in [0.05, 0.1) is 15.7 Å². The van der Waals surface area contributed by atoms with Crippen LogP contribution in [-0.2, 0) is 12.6 Å². The van der Waals surface area contributed by atoms with Crippen LogP contribution in [0.5, 0.6) is 0 Å². The molecule has 0 aliphatic heterocycles. The third kappa shape index (κ3) is 3.44. The first-order valence-electron chi connectivity index (χ1n) is 5.26. The van der Waals surface area contributed by atoms with Gasteiger partial charge in [-0.2, -0.15) is 18.3 Å². The largest absolute Gasteiger partial charge is 0.416 e. The van der Waals surface area contributed by atoms with Gasteiger partial charge in [-0.1, -0.05) is 18.2 Å². The zero-order chi connectivity index (χ0) is 14.0. The van der Waals surface area contributed by atoms with E-state index in [0.717, 1.165) is 12.1 Å². The van der Waals surface area contributed by atoms with Gasteiger partial charge < -0.3 is 0 Å². The Morgan fingerprint density at radius 3 is 2.63 bits per heavy atom. The molecule has 0 atom stereocenters. The molecule has 7 heteroatoms. The fourth-order valence-corrected chi connectivity index (χ4v) is 1.93. The molecule has 0 spiro atoms. The van der Waals surface area contributed by atoms with Crippen molar-refractivity contribution in [3.05, 3.63) is 62.0 Å². The Bertz CT molecular complexity index is 652. The van der Waals surface area contributed by atoms with Crippen LogP contribution in [0.15, 0.2) is 39.6 Å². The third-order valence-corrected chi connectivity index (χ3v) is 3.04. The van der Waals surface area contributed by atoms with E-state index in [9.17, 15) is 18.0 Å². The van der Waals surface area contributed by atoms with Crippen molar-refractivity contribution in [3.8, 4) is 0 Å². The summed E-state index contributed by atoms with van der Waals surface area (Å²) in [5.41, 5.74) is -0.131. The van der Waals surface area contributed by atoms with Crippen molar-refractivity contribution in [2.75, 3.05) is 0 Å². The van der Waals surface area contributed by atoms with E-state index in [0.29, 0.717) is 15.7 Å². The van der Waals surface area contributed by atoms with Gasteiger partial charge in [-0.05, 0) is 33.6 Å². The molecule has 0 aliphatic carbocycles. The molecule has 100 valence electrons. The number of halogens is 4. The fourth-order valence-electron chi connectivity index (χ4n) is 1.58. The van der Waals surface area contributed by atoms with Gasteiger partial charge in [0.1, 0.15) is 0 Å². The van der Waals surface area contributed by atoms with Crippen LogP contribution in [-0.4, -0.2) is 10.2 Å². The lowest BCUT2D eigenvalue weighted by atomic mass is 10.1. The molecule has 19 heavy (non-hydrogen) atoms. The van der Waals surface area contributed by atoms with E-state index in [2.05, 4.69) is 26.1 Å². The first-order valence-corrected chi connectivity index (χ1v) is 6.06. The minimum Gasteiger partial charge on any atom is -0.267 e. The molecule has 0 radical (unpaired) electrons. The van der Waals surface area contributed by atoms with Gasteiger partial charge >= 0.3 is 6.18 Å². The number of aromatic nitrogens is 2. The number of alkyl halides is 3. The smallest absolute Gasteiger partial charge is 0.267 e. The van der Waals surface area contributed by atoms with E-state index < -0.39 is 11.7 Å². The maximum Gasteiger partial charge on any atom is 0.416 e. The highest BCUT2D eigenvalue weighted by atomic mass is 79.9. The molecule has 1 heterocycles. The Labute approximate surface area is 114 Å². The zero-order valence-corrected chi connectivity index (χ0v) is 11.0. The van der Waals surface area contributed by atoms with Gasteiger partial charge in [-0.15, -0.1) is 0 Å². The van der Waals surface area contributed by atoms with Crippen LogP contribution < -0.4 is 5.56 Å². The van der Waals surface area contributed by atoms with E-state index in [4.69, 9.17) is 0 Å². The molecule has 0 bridgehead atoms. The summed E-state index contributed by atoms with van der Waals surface area (Å²) in [4.78, 5) is 11.1. The second-order valence-electron chi connectivity index (χ2n) is 3.91. The second-order valence-corrected chi connectivity index (χ2v) is 4.77. The summed E-state index contributed by atoms with van der Waals surface area (Å²) < 4.78 is 38.0. The van der Waals surface area contributed by atoms with Crippen LogP contribution in [0.25, 0.3) is 0 Å². The summed E-state index contributed by atoms with van der Waals surface area (Å²) in [6, 6.07) is 6.49. The van der Waals surface area contributed by atoms with Crippen LogP contribution in [0, 0.1) is 0 Å². The number of hydrogen-bond acceptors (Lipinski definition) is 2. The van der Waals surface area contributed by atoms with Gasteiger partial charge in [0.2, 0.25) is 0 Å². The van der Waals surface area contributed by atoms with Crippen molar-refractivity contribution in [3.63, 3.8) is 0 Å². The number of H-pyrrole nitrogens is 1. The predicted octanol–water partition coefficient (Wildman–Crippen LogP) is 3.14. The SMILES string of the molecule is O=c1[nH]nc(Cc2cccc(C(F)(F)F)c2)cc1Br. The normalized spacial score (nSPS) is 11.6. The standard InChI is InChI=1S/C12H8BrF3N2O/c13-10-6-9(17-18-11(10)19)5-7-2-1-3-8(4-7)12(14,15)16/h1-4,6H,5H2,(H,18,19). The Balaban J connectivity index is 2.28. The summed E-state index contributed by atoms with van der Waals surface area (Å²) in [6.45, 7) is 0. The number of nitrogens with one attached hydrogen (secondary N) is 1. The molecule has 1 aromatic carbocycles. The molecule has 1 N–H and O–H groups in total. The number of rotatable bonds is 2. The van der Waals surface area contributed by atoms with Crippen LogP contribution in [0.1, 0.15) is 16.8 Å². The minimum absolute atomic E-state index is 0.208. The molecule has 1 aromatic heterocycles. The molecule has 2 aromatic rings. The Morgan fingerprint density at radius 2 is 2.00 bits per heavy atom. The monoisotopic (exact) mass is 332 g/mol. The average Bonchev–Trinajstić information content (AvgIpc) is 2.33. The summed E-state index contributed by atoms with van der Waals surface area (Å²) in [7, 11) is 0. The topological polar surface area (TPSA) is 45.8 Å². The molecule has 0 unspecified atom stereocenters. The van der Waals surface area contributed by atoms with Crippen LogP contribution in [0.2, 0.25) is 0 Å². The lowest BCUT2D eigenvalue weighted by Crippen LogP contribution is -2.11. The highest BCUT2D eigenvalue weighted by Crippen LogP contribution is 2.29. The summed E-state index contributed by atoms with van der Waals surface area (Å²) in [6.07, 6.45) is -4.16. The van der Waals surface area contributed by atoms with Gasteiger partial charge in [-0.25, -0.2) is 5.10 Å². The molecule has 0 fully saturated rings. The lowest BCUT2D eigenvalue weighted by molar-refractivity contribution is -0.137. The van der Waals surface area contributed by atoms with Crippen molar-refractivity contribution >= 4 is 15.9 Å². The van der Waals surface area contributed by atoms with E-state index in [1.807, 2.05) is 0 Å². The predicted molar refractivity (Wildman–Crippen MR) is 66.8 cm³/mol. The van der Waals surface area contributed by atoms with Crippen molar-refractivity contribution in [1.82, 2.24) is 10.2 Å². The minimum atomic E-state index is -4.37. The molecule has 0 amide bonds. The molecule has 0 saturated heterocycles. The van der Waals surface area contributed by atoms with Gasteiger partial charge in [0, 0.05) is 6.42 Å². The molecular formula is C12H8BrF3N2O. The zero-order valence-electron chi connectivity index (χ0n) is 9.46. The first kappa shape index (κ1) is 13.8. The number of aromatic amines is 1. The van der Waals surface area contributed by atoms with Crippen molar-refractivity contribution < 1.29 is 13.2 Å². The second kappa shape index (κ2) is 5.16. The van der Waals surface area contributed by atoms with Gasteiger partial charge in [-0.3, -0.25) is 4.79 Å². The van der Waals surface area contributed by atoms with E-state index >= 15 is 0 Å². The van der Waals surface area contributed by atoms with Crippen LogP contribution in [0.3, 0.4) is 0 Å². The Hall–Kier alpha value is -1.63. The quantitative estimate of drug-likeness (QED) is 0.918.